The van der Waals surface area contributed by atoms with Crippen molar-refractivity contribution in [2.75, 3.05) is 13.2 Å². The van der Waals surface area contributed by atoms with Crippen molar-refractivity contribution in [2.45, 2.75) is 93.7 Å². The van der Waals surface area contributed by atoms with Crippen LogP contribution in [0.25, 0.3) is 0 Å². The summed E-state index contributed by atoms with van der Waals surface area (Å²) in [5.74, 6) is 0. The fraction of sp³-hybridized carbons (Fsp3) is 1.00. The molecular formula is C17H34O11Si. The van der Waals surface area contributed by atoms with E-state index in [-0.39, 0.29) is 0 Å². The van der Waals surface area contributed by atoms with E-state index in [1.54, 1.807) is 6.92 Å². The molecule has 0 aliphatic carbocycles. The van der Waals surface area contributed by atoms with E-state index in [0.29, 0.717) is 6.61 Å². The van der Waals surface area contributed by atoms with Crippen molar-refractivity contribution < 1.29 is 54.7 Å². The van der Waals surface area contributed by atoms with E-state index >= 15 is 0 Å². The number of aliphatic hydroxyl groups excluding tert-OH is 7. The number of hydrogen-bond acceptors (Lipinski definition) is 11. The molecule has 0 bridgehead atoms. The van der Waals surface area contributed by atoms with E-state index in [1.807, 2.05) is 19.6 Å². The molecule has 0 radical (unpaired) electrons. The molecular weight excluding hydrogens is 408 g/mol. The first-order valence-corrected chi connectivity index (χ1v) is 13.3. The molecule has 11 atom stereocenters. The molecule has 2 rings (SSSR count). The lowest BCUT2D eigenvalue weighted by molar-refractivity contribution is -0.357. The van der Waals surface area contributed by atoms with Crippen molar-refractivity contribution in [3.05, 3.63) is 0 Å². The predicted octanol–water partition coefficient (Wildman–Crippen LogP) is -3.11. The number of ether oxygens (including phenoxy) is 4. The van der Waals surface area contributed by atoms with Gasteiger partial charge in [-0.15, -0.1) is 0 Å². The van der Waals surface area contributed by atoms with Gasteiger partial charge in [-0.3, -0.25) is 0 Å². The largest absolute Gasteiger partial charge is 0.394 e. The third-order valence-electron chi connectivity index (χ3n) is 5.24. The highest BCUT2D eigenvalue weighted by Gasteiger charge is 2.53. The van der Waals surface area contributed by atoms with Crippen molar-refractivity contribution in [2.24, 2.45) is 0 Å². The summed E-state index contributed by atoms with van der Waals surface area (Å²) in [5, 5.41) is 70.3. The van der Waals surface area contributed by atoms with Gasteiger partial charge in [-0.05, 0) is 6.92 Å². The van der Waals surface area contributed by atoms with Crippen LogP contribution in [-0.2, 0) is 18.9 Å². The minimum Gasteiger partial charge on any atom is -0.394 e. The van der Waals surface area contributed by atoms with Crippen LogP contribution >= 0.6 is 0 Å². The molecule has 1 unspecified atom stereocenters. The Morgan fingerprint density at radius 2 is 1.48 bits per heavy atom. The average Bonchev–Trinajstić information content (AvgIpc) is 2.65. The Kier molecular flexibility index (Phi) is 8.58. The third-order valence-corrected chi connectivity index (χ3v) is 7.44. The quantitative estimate of drug-likeness (QED) is 0.199. The molecule has 7 N–H and O–H groups in total. The van der Waals surface area contributed by atoms with Gasteiger partial charge in [0.05, 0.1) is 20.4 Å². The lowest BCUT2D eigenvalue weighted by Crippen LogP contribution is -2.67. The summed E-state index contributed by atoms with van der Waals surface area (Å²) in [6, 6.07) is 0. The van der Waals surface area contributed by atoms with Crippen LogP contribution in [0, 0.1) is 0 Å². The van der Waals surface area contributed by atoms with Crippen LogP contribution in [0.15, 0.2) is 0 Å². The first-order valence-electron chi connectivity index (χ1n) is 9.71. The SMILES string of the molecule is CCOC([C@H]1O[C@@H](O[C@H]2[C@H](O)[C@@H](O)[C@@H](O)O[C@@H]2CO)[C@H](O)[C@@H](O)[C@H]1O)[Si](C)(C)C. The van der Waals surface area contributed by atoms with Crippen molar-refractivity contribution >= 4 is 8.07 Å². The van der Waals surface area contributed by atoms with Gasteiger partial charge in [-0.1, -0.05) is 19.6 Å². The molecule has 0 aromatic heterocycles. The highest BCUT2D eigenvalue weighted by molar-refractivity contribution is 6.77. The molecule has 2 aliphatic rings. The second-order valence-corrected chi connectivity index (χ2v) is 13.8. The third kappa shape index (κ3) is 5.34. The molecule has 0 amide bonds. The standard InChI is InChI=1S/C17H34O11Si/c1-5-25-17(29(2,3)4)14-9(20)8(19)12(23)16(28-14)27-13-7(6-18)26-15(24)11(22)10(13)21/h7-24H,5-6H2,1-4H3/t7-,8+,9-,10-,11-,12-,13-,14+,15+,16-,17?/m1/s1. The summed E-state index contributed by atoms with van der Waals surface area (Å²) in [6.07, 6.45) is -15.0. The average molecular weight is 443 g/mol. The van der Waals surface area contributed by atoms with E-state index < -0.39 is 81.8 Å². The van der Waals surface area contributed by atoms with Crippen molar-refractivity contribution in [1.29, 1.82) is 0 Å². The zero-order valence-corrected chi connectivity index (χ0v) is 18.0. The summed E-state index contributed by atoms with van der Waals surface area (Å²) in [6.45, 7) is 7.46. The molecule has 2 heterocycles. The molecule has 2 saturated heterocycles. The summed E-state index contributed by atoms with van der Waals surface area (Å²) in [7, 11) is -2.07. The highest BCUT2D eigenvalue weighted by Crippen LogP contribution is 2.32. The Bertz CT molecular complexity index is 516. The maximum absolute atomic E-state index is 10.5. The van der Waals surface area contributed by atoms with Crippen LogP contribution in [0.1, 0.15) is 6.92 Å². The van der Waals surface area contributed by atoms with Crippen molar-refractivity contribution in [3.63, 3.8) is 0 Å². The second-order valence-electron chi connectivity index (χ2n) is 8.51. The zero-order chi connectivity index (χ0) is 22.1. The van der Waals surface area contributed by atoms with Gasteiger partial charge in [0.15, 0.2) is 12.6 Å². The lowest BCUT2D eigenvalue weighted by atomic mass is 9.97. The number of aliphatic hydroxyl groups is 7. The minimum absolute atomic E-state index is 0.345. The maximum Gasteiger partial charge on any atom is 0.187 e. The fourth-order valence-corrected chi connectivity index (χ4v) is 5.57. The van der Waals surface area contributed by atoms with E-state index in [9.17, 15) is 35.7 Å². The molecule has 0 aromatic rings. The molecule has 11 nitrogen and oxygen atoms in total. The van der Waals surface area contributed by atoms with Crippen LogP contribution in [-0.4, -0.2) is 124 Å². The first-order chi connectivity index (χ1) is 13.4. The molecule has 12 heteroatoms. The number of hydrogen-bond donors (Lipinski definition) is 7. The van der Waals surface area contributed by atoms with E-state index in [0.717, 1.165) is 0 Å². The monoisotopic (exact) mass is 442 g/mol. The predicted molar refractivity (Wildman–Crippen MR) is 100 cm³/mol. The zero-order valence-electron chi connectivity index (χ0n) is 17.0. The molecule has 29 heavy (non-hydrogen) atoms. The maximum atomic E-state index is 10.5. The van der Waals surface area contributed by atoms with Gasteiger partial charge in [-0.25, -0.2) is 0 Å². The van der Waals surface area contributed by atoms with Crippen LogP contribution in [0.4, 0.5) is 0 Å². The Hall–Kier alpha value is -0.223. The van der Waals surface area contributed by atoms with E-state index in [4.69, 9.17) is 18.9 Å². The molecule has 0 spiro atoms. The minimum atomic E-state index is -2.07. The smallest absolute Gasteiger partial charge is 0.187 e. The van der Waals surface area contributed by atoms with Crippen molar-refractivity contribution in [1.82, 2.24) is 0 Å². The van der Waals surface area contributed by atoms with Crippen LogP contribution in [0.2, 0.25) is 19.6 Å². The molecule has 2 aliphatic heterocycles. The summed E-state index contributed by atoms with van der Waals surface area (Å²) >= 11 is 0. The Balaban J connectivity index is 2.24. The molecule has 0 aromatic carbocycles. The molecule has 2 fully saturated rings. The van der Waals surface area contributed by atoms with Crippen molar-refractivity contribution in [3.8, 4) is 0 Å². The molecule has 0 saturated carbocycles. The second kappa shape index (κ2) is 9.93. The number of rotatable bonds is 7. The molecule has 172 valence electrons. The van der Waals surface area contributed by atoms with Gasteiger partial charge in [0.25, 0.3) is 0 Å². The Morgan fingerprint density at radius 1 is 0.862 bits per heavy atom. The first kappa shape index (κ1) is 25.0. The van der Waals surface area contributed by atoms with Gasteiger partial charge < -0.3 is 54.7 Å². The summed E-state index contributed by atoms with van der Waals surface area (Å²) < 4.78 is 22.1. The van der Waals surface area contributed by atoms with Gasteiger partial charge in [0.1, 0.15) is 48.8 Å². The van der Waals surface area contributed by atoms with Gasteiger partial charge in [0, 0.05) is 6.61 Å². The topological polar surface area (TPSA) is 179 Å². The van der Waals surface area contributed by atoms with E-state index in [2.05, 4.69) is 0 Å². The normalized spacial score (nSPS) is 45.2. The van der Waals surface area contributed by atoms with Gasteiger partial charge >= 0.3 is 0 Å². The van der Waals surface area contributed by atoms with Crippen LogP contribution < -0.4 is 0 Å². The Labute approximate surface area is 170 Å². The fourth-order valence-electron chi connectivity index (χ4n) is 3.64. The summed E-state index contributed by atoms with van der Waals surface area (Å²) in [4.78, 5) is 0. The highest BCUT2D eigenvalue weighted by atomic mass is 28.3. The van der Waals surface area contributed by atoms with Gasteiger partial charge in [0.2, 0.25) is 0 Å². The summed E-state index contributed by atoms with van der Waals surface area (Å²) in [5.41, 5.74) is -0.538. The lowest BCUT2D eigenvalue weighted by Gasteiger charge is -2.48. The van der Waals surface area contributed by atoms with Crippen LogP contribution in [0.3, 0.4) is 0 Å². The van der Waals surface area contributed by atoms with E-state index in [1.165, 1.54) is 0 Å². The van der Waals surface area contributed by atoms with Gasteiger partial charge in [-0.2, -0.15) is 0 Å². The van der Waals surface area contributed by atoms with Crippen LogP contribution in [0.5, 0.6) is 0 Å². The Morgan fingerprint density at radius 3 is 2.00 bits per heavy atom.